The van der Waals surface area contributed by atoms with Crippen molar-refractivity contribution in [3.63, 3.8) is 0 Å². The molecule has 0 bridgehead atoms. The van der Waals surface area contributed by atoms with Gasteiger partial charge >= 0.3 is 0 Å². The molecular formula is C30H26N2. The van der Waals surface area contributed by atoms with E-state index in [0.29, 0.717) is 0 Å². The minimum absolute atomic E-state index is 0.798. The fourth-order valence-corrected chi connectivity index (χ4v) is 5.05. The summed E-state index contributed by atoms with van der Waals surface area (Å²) >= 11 is 0. The van der Waals surface area contributed by atoms with Crippen molar-refractivity contribution in [3.8, 4) is 11.1 Å². The Kier molecular flexibility index (Phi) is 4.22. The molecule has 2 aliphatic rings. The lowest BCUT2D eigenvalue weighted by Crippen LogP contribution is -2.29. The first-order chi connectivity index (χ1) is 15.6. The lowest BCUT2D eigenvalue weighted by Gasteiger charge is -2.32. The Bertz CT molecular complexity index is 1370. The van der Waals surface area contributed by atoms with Crippen molar-refractivity contribution >= 4 is 22.8 Å². The van der Waals surface area contributed by atoms with E-state index in [1.165, 1.54) is 61.7 Å². The van der Waals surface area contributed by atoms with Crippen LogP contribution in [0.5, 0.6) is 0 Å². The molecule has 32 heavy (non-hydrogen) atoms. The van der Waals surface area contributed by atoms with Crippen LogP contribution in [0.4, 0.5) is 11.4 Å². The Hall–Kier alpha value is -3.78. The molecule has 0 aromatic heterocycles. The number of benzene rings is 4. The molecule has 2 aliphatic heterocycles. The molecule has 0 saturated carbocycles. The third-order valence-corrected chi connectivity index (χ3v) is 6.78. The number of fused-ring (bicyclic) bond motifs is 6. The van der Waals surface area contributed by atoms with Crippen LogP contribution in [-0.4, -0.2) is 6.67 Å². The lowest BCUT2D eigenvalue weighted by molar-refractivity contribution is 0.983. The van der Waals surface area contributed by atoms with Gasteiger partial charge in [0.15, 0.2) is 0 Å². The van der Waals surface area contributed by atoms with Crippen LogP contribution in [0.1, 0.15) is 27.8 Å². The highest BCUT2D eigenvalue weighted by atomic mass is 15.4. The first-order valence-electron chi connectivity index (χ1n) is 11.2. The molecule has 0 fully saturated rings. The summed E-state index contributed by atoms with van der Waals surface area (Å²) in [4.78, 5) is 4.96. The lowest BCUT2D eigenvalue weighted by atomic mass is 9.86. The molecule has 156 valence electrons. The summed E-state index contributed by atoms with van der Waals surface area (Å²) in [5.74, 6) is 0. The van der Waals surface area contributed by atoms with E-state index < -0.39 is 0 Å². The van der Waals surface area contributed by atoms with E-state index in [-0.39, 0.29) is 0 Å². The summed E-state index contributed by atoms with van der Waals surface area (Å²) in [6.07, 6.45) is 0. The quantitative estimate of drug-likeness (QED) is 0.337. The normalized spacial score (nSPS) is 14.3. The monoisotopic (exact) mass is 414 g/mol. The Morgan fingerprint density at radius 3 is 1.94 bits per heavy atom. The molecular weight excluding hydrogens is 388 g/mol. The molecule has 2 heterocycles. The summed E-state index contributed by atoms with van der Waals surface area (Å²) in [5.41, 5.74) is 14.3. The van der Waals surface area contributed by atoms with Gasteiger partial charge < -0.3 is 9.80 Å². The zero-order valence-corrected chi connectivity index (χ0v) is 18.8. The molecule has 2 nitrogen and oxygen atoms in total. The number of aryl methyl sites for hydroxylation is 3. The van der Waals surface area contributed by atoms with Crippen molar-refractivity contribution in [2.45, 2.75) is 20.8 Å². The van der Waals surface area contributed by atoms with E-state index in [4.69, 9.17) is 0 Å². The standard InChI is InChI=1S/C30H26N2/c1-20-14-15-28-26(16-20)25-17-21(2)22(3)18-27(25)30-29(23-10-6-4-7-11-23)31(19-32(28)30)24-12-8-5-9-13-24/h4-18H,19H2,1-3H3. The number of anilines is 2. The van der Waals surface area contributed by atoms with Crippen LogP contribution in [0.3, 0.4) is 0 Å². The first kappa shape index (κ1) is 18.9. The van der Waals surface area contributed by atoms with Gasteiger partial charge in [-0.1, -0.05) is 66.2 Å². The van der Waals surface area contributed by atoms with Crippen molar-refractivity contribution in [3.05, 3.63) is 119 Å². The molecule has 0 amide bonds. The average molecular weight is 415 g/mol. The van der Waals surface area contributed by atoms with Crippen LogP contribution in [-0.2, 0) is 0 Å². The number of hydrogen-bond acceptors (Lipinski definition) is 2. The van der Waals surface area contributed by atoms with E-state index in [1.807, 2.05) is 0 Å². The van der Waals surface area contributed by atoms with Crippen LogP contribution >= 0.6 is 0 Å². The summed E-state index contributed by atoms with van der Waals surface area (Å²) in [5, 5.41) is 0. The predicted molar refractivity (Wildman–Crippen MR) is 136 cm³/mol. The third-order valence-electron chi connectivity index (χ3n) is 6.78. The van der Waals surface area contributed by atoms with Gasteiger partial charge in [0.2, 0.25) is 0 Å². The molecule has 4 aromatic rings. The summed E-state index contributed by atoms with van der Waals surface area (Å²) in [7, 11) is 0. The molecule has 6 rings (SSSR count). The van der Waals surface area contributed by atoms with Crippen LogP contribution in [0.15, 0.2) is 91.0 Å². The van der Waals surface area contributed by atoms with Crippen molar-refractivity contribution < 1.29 is 0 Å². The maximum Gasteiger partial charge on any atom is 0.100 e. The summed E-state index contributed by atoms with van der Waals surface area (Å²) < 4.78 is 0. The van der Waals surface area contributed by atoms with E-state index in [1.54, 1.807) is 0 Å². The summed E-state index contributed by atoms with van der Waals surface area (Å²) in [6.45, 7) is 7.42. The third kappa shape index (κ3) is 2.80. The number of hydrogen-bond donors (Lipinski definition) is 0. The van der Waals surface area contributed by atoms with Gasteiger partial charge in [-0.05, 0) is 67.8 Å². The largest absolute Gasteiger partial charge is 0.321 e. The molecule has 0 aliphatic carbocycles. The molecule has 0 atom stereocenters. The maximum absolute atomic E-state index is 2.50. The van der Waals surface area contributed by atoms with Crippen LogP contribution in [0, 0.1) is 20.8 Å². The SMILES string of the molecule is Cc1ccc2c(c1)-c1cc(C)c(C)cc1C1=C(c3ccccc3)N(c3ccccc3)CN12. The fourth-order valence-electron chi connectivity index (χ4n) is 5.05. The zero-order chi connectivity index (χ0) is 21.8. The topological polar surface area (TPSA) is 6.48 Å². The van der Waals surface area contributed by atoms with Gasteiger partial charge in [0.25, 0.3) is 0 Å². The number of para-hydroxylation sites is 1. The van der Waals surface area contributed by atoms with Crippen molar-refractivity contribution in [1.29, 1.82) is 0 Å². The van der Waals surface area contributed by atoms with E-state index in [9.17, 15) is 0 Å². The second kappa shape index (κ2) is 7.13. The van der Waals surface area contributed by atoms with Crippen LogP contribution in [0.25, 0.3) is 22.5 Å². The molecule has 0 radical (unpaired) electrons. The van der Waals surface area contributed by atoms with Gasteiger partial charge in [-0.2, -0.15) is 0 Å². The van der Waals surface area contributed by atoms with Crippen molar-refractivity contribution in [2.75, 3.05) is 16.5 Å². The van der Waals surface area contributed by atoms with E-state index >= 15 is 0 Å². The average Bonchev–Trinajstić information content (AvgIpc) is 3.22. The second-order valence-corrected chi connectivity index (χ2v) is 8.90. The van der Waals surface area contributed by atoms with Crippen LogP contribution in [0.2, 0.25) is 0 Å². The molecule has 4 aromatic carbocycles. The Morgan fingerprint density at radius 1 is 0.562 bits per heavy atom. The highest BCUT2D eigenvalue weighted by molar-refractivity contribution is 6.12. The van der Waals surface area contributed by atoms with Gasteiger partial charge in [0, 0.05) is 22.4 Å². The molecule has 0 spiro atoms. The van der Waals surface area contributed by atoms with Gasteiger partial charge in [-0.25, -0.2) is 0 Å². The number of nitrogens with zero attached hydrogens (tertiary/aromatic N) is 2. The molecule has 2 heteroatoms. The molecule has 0 saturated heterocycles. The van der Waals surface area contributed by atoms with E-state index in [0.717, 1.165) is 6.67 Å². The van der Waals surface area contributed by atoms with Crippen molar-refractivity contribution in [1.82, 2.24) is 0 Å². The molecule has 0 unspecified atom stereocenters. The van der Waals surface area contributed by atoms with Crippen LogP contribution < -0.4 is 9.80 Å². The first-order valence-corrected chi connectivity index (χ1v) is 11.2. The Labute approximate surface area is 190 Å². The highest BCUT2D eigenvalue weighted by Gasteiger charge is 2.38. The van der Waals surface area contributed by atoms with Gasteiger partial charge in [0.05, 0.1) is 17.1 Å². The minimum Gasteiger partial charge on any atom is -0.321 e. The minimum atomic E-state index is 0.798. The second-order valence-electron chi connectivity index (χ2n) is 8.90. The summed E-state index contributed by atoms with van der Waals surface area (Å²) in [6, 6.07) is 33.2. The Morgan fingerprint density at radius 2 is 1.22 bits per heavy atom. The van der Waals surface area contributed by atoms with E-state index in [2.05, 4.69) is 122 Å². The number of rotatable bonds is 2. The van der Waals surface area contributed by atoms with Crippen molar-refractivity contribution in [2.24, 2.45) is 0 Å². The maximum atomic E-state index is 2.50. The zero-order valence-electron chi connectivity index (χ0n) is 18.8. The van der Waals surface area contributed by atoms with Gasteiger partial charge in [-0.3, -0.25) is 0 Å². The highest BCUT2D eigenvalue weighted by Crippen LogP contribution is 2.52. The smallest absolute Gasteiger partial charge is 0.100 e. The molecule has 0 N–H and O–H groups in total. The predicted octanol–water partition coefficient (Wildman–Crippen LogP) is 7.40. The Balaban J connectivity index is 1.71. The van der Waals surface area contributed by atoms with Gasteiger partial charge in [-0.15, -0.1) is 0 Å². The van der Waals surface area contributed by atoms with Gasteiger partial charge in [0.1, 0.15) is 6.67 Å². The fraction of sp³-hybridized carbons (Fsp3) is 0.133.